The zero-order valence-corrected chi connectivity index (χ0v) is 17.4. The third kappa shape index (κ3) is 3.97. The molecule has 162 valence electrons. The number of para-hydroxylation sites is 4. The largest absolute Gasteiger partial charge is 0.360 e. The SMILES string of the molecule is O=C(CNC(=O)c1c[nH]c2ccccc2c1=O)Nc1ccccc1-c1nc2ccccc2[nH]1. The molecule has 3 aromatic carbocycles. The lowest BCUT2D eigenvalue weighted by molar-refractivity contribution is -0.115. The van der Waals surface area contributed by atoms with Crippen molar-refractivity contribution in [1.82, 2.24) is 20.3 Å². The number of hydrogen-bond acceptors (Lipinski definition) is 4. The van der Waals surface area contributed by atoms with Crippen molar-refractivity contribution in [2.75, 3.05) is 11.9 Å². The molecule has 0 radical (unpaired) electrons. The van der Waals surface area contributed by atoms with E-state index in [2.05, 4.69) is 25.6 Å². The molecule has 2 aromatic heterocycles. The van der Waals surface area contributed by atoms with Crippen LogP contribution in [0.1, 0.15) is 10.4 Å². The number of carbonyl (C=O) groups excluding carboxylic acids is 2. The molecule has 0 aliphatic carbocycles. The number of rotatable bonds is 5. The Labute approximate surface area is 187 Å². The van der Waals surface area contributed by atoms with E-state index < -0.39 is 17.2 Å². The fraction of sp³-hybridized carbons (Fsp3) is 0.0400. The average Bonchev–Trinajstić information content (AvgIpc) is 3.27. The molecule has 0 fully saturated rings. The van der Waals surface area contributed by atoms with Gasteiger partial charge in [0.1, 0.15) is 11.4 Å². The van der Waals surface area contributed by atoms with Gasteiger partial charge in [-0.05, 0) is 36.4 Å². The molecule has 8 nitrogen and oxygen atoms in total. The van der Waals surface area contributed by atoms with Gasteiger partial charge >= 0.3 is 0 Å². The van der Waals surface area contributed by atoms with Crippen molar-refractivity contribution in [1.29, 1.82) is 0 Å². The fourth-order valence-electron chi connectivity index (χ4n) is 3.67. The number of fused-ring (bicyclic) bond motifs is 2. The van der Waals surface area contributed by atoms with E-state index in [9.17, 15) is 14.4 Å². The molecular formula is C25H19N5O3. The lowest BCUT2D eigenvalue weighted by atomic mass is 10.1. The zero-order chi connectivity index (χ0) is 22.8. The van der Waals surface area contributed by atoms with Crippen LogP contribution in [0, 0.1) is 0 Å². The molecule has 5 aromatic rings. The first kappa shape index (κ1) is 20.2. The van der Waals surface area contributed by atoms with Crippen LogP contribution < -0.4 is 16.1 Å². The number of benzene rings is 3. The molecule has 0 spiro atoms. The van der Waals surface area contributed by atoms with Gasteiger partial charge in [-0.25, -0.2) is 4.98 Å². The number of H-pyrrole nitrogens is 2. The topological polar surface area (TPSA) is 120 Å². The van der Waals surface area contributed by atoms with E-state index in [1.165, 1.54) is 6.20 Å². The molecule has 2 heterocycles. The summed E-state index contributed by atoms with van der Waals surface area (Å²) in [5.41, 5.74) is 3.18. The first-order chi connectivity index (χ1) is 16.1. The molecule has 8 heteroatoms. The van der Waals surface area contributed by atoms with E-state index >= 15 is 0 Å². The van der Waals surface area contributed by atoms with Gasteiger partial charge in [0, 0.05) is 22.7 Å². The Morgan fingerprint density at radius 2 is 1.61 bits per heavy atom. The van der Waals surface area contributed by atoms with E-state index in [4.69, 9.17) is 0 Å². The number of aromatic nitrogens is 3. The van der Waals surface area contributed by atoms with Gasteiger partial charge in [0.15, 0.2) is 0 Å². The maximum absolute atomic E-state index is 12.6. The Kier molecular flexibility index (Phi) is 5.16. The van der Waals surface area contributed by atoms with E-state index in [0.29, 0.717) is 22.4 Å². The summed E-state index contributed by atoms with van der Waals surface area (Å²) >= 11 is 0. The summed E-state index contributed by atoms with van der Waals surface area (Å²) in [4.78, 5) is 48.4. The van der Waals surface area contributed by atoms with E-state index in [1.807, 2.05) is 36.4 Å². The number of imidazole rings is 1. The quantitative estimate of drug-likeness (QED) is 0.337. The first-order valence-corrected chi connectivity index (χ1v) is 10.3. The Bertz CT molecular complexity index is 1530. The highest BCUT2D eigenvalue weighted by atomic mass is 16.2. The molecule has 0 aliphatic rings. The zero-order valence-electron chi connectivity index (χ0n) is 17.4. The molecule has 5 rings (SSSR count). The molecule has 0 bridgehead atoms. The summed E-state index contributed by atoms with van der Waals surface area (Å²) in [6.07, 6.45) is 1.36. The summed E-state index contributed by atoms with van der Waals surface area (Å²) in [5.74, 6) is -0.425. The molecule has 2 amide bonds. The molecule has 4 N–H and O–H groups in total. The van der Waals surface area contributed by atoms with Crippen molar-refractivity contribution < 1.29 is 9.59 Å². The van der Waals surface area contributed by atoms with Gasteiger partial charge in [-0.1, -0.05) is 36.4 Å². The number of hydrogen-bond donors (Lipinski definition) is 4. The highest BCUT2D eigenvalue weighted by Gasteiger charge is 2.15. The monoisotopic (exact) mass is 437 g/mol. The molecule has 0 aliphatic heterocycles. The van der Waals surface area contributed by atoms with Crippen LogP contribution in [0.2, 0.25) is 0 Å². The summed E-state index contributed by atoms with van der Waals surface area (Å²) in [5, 5.41) is 5.73. The highest BCUT2D eigenvalue weighted by molar-refractivity contribution is 6.02. The Morgan fingerprint density at radius 1 is 0.879 bits per heavy atom. The minimum Gasteiger partial charge on any atom is -0.360 e. The normalized spacial score (nSPS) is 10.9. The van der Waals surface area contributed by atoms with Gasteiger partial charge in [0.25, 0.3) is 5.91 Å². The van der Waals surface area contributed by atoms with Gasteiger partial charge in [-0.15, -0.1) is 0 Å². The average molecular weight is 437 g/mol. The summed E-state index contributed by atoms with van der Waals surface area (Å²) < 4.78 is 0. The van der Waals surface area contributed by atoms with Crippen molar-refractivity contribution in [3.05, 3.63) is 94.8 Å². The predicted molar refractivity (Wildman–Crippen MR) is 127 cm³/mol. The van der Waals surface area contributed by atoms with Gasteiger partial charge in [-0.3, -0.25) is 14.4 Å². The molecule has 0 unspecified atom stereocenters. The van der Waals surface area contributed by atoms with Crippen molar-refractivity contribution in [2.45, 2.75) is 0 Å². The maximum atomic E-state index is 12.6. The lowest BCUT2D eigenvalue weighted by Gasteiger charge is -2.10. The first-order valence-electron chi connectivity index (χ1n) is 10.3. The Morgan fingerprint density at radius 3 is 2.45 bits per heavy atom. The van der Waals surface area contributed by atoms with Crippen molar-refractivity contribution in [3.63, 3.8) is 0 Å². The smallest absolute Gasteiger partial charge is 0.257 e. The van der Waals surface area contributed by atoms with Crippen LogP contribution in [0.4, 0.5) is 5.69 Å². The third-order valence-corrected chi connectivity index (χ3v) is 5.29. The van der Waals surface area contributed by atoms with Gasteiger partial charge in [0.2, 0.25) is 11.3 Å². The van der Waals surface area contributed by atoms with Crippen LogP contribution in [0.3, 0.4) is 0 Å². The fourth-order valence-corrected chi connectivity index (χ4v) is 3.67. The number of carbonyl (C=O) groups is 2. The minimum atomic E-state index is -0.622. The summed E-state index contributed by atoms with van der Waals surface area (Å²) in [6, 6.07) is 21.8. The predicted octanol–water partition coefficient (Wildman–Crippen LogP) is 3.44. The van der Waals surface area contributed by atoms with E-state index in [0.717, 1.165) is 16.6 Å². The van der Waals surface area contributed by atoms with Gasteiger partial charge in [0.05, 0.1) is 23.3 Å². The molecule has 0 saturated carbocycles. The van der Waals surface area contributed by atoms with Crippen LogP contribution in [-0.4, -0.2) is 33.3 Å². The molecule has 0 saturated heterocycles. The van der Waals surface area contributed by atoms with E-state index in [1.54, 1.807) is 36.4 Å². The van der Waals surface area contributed by atoms with Crippen LogP contribution in [0.25, 0.3) is 33.3 Å². The Balaban J connectivity index is 1.31. The lowest BCUT2D eigenvalue weighted by Crippen LogP contribution is -2.35. The van der Waals surface area contributed by atoms with Crippen LogP contribution in [0.15, 0.2) is 83.8 Å². The van der Waals surface area contributed by atoms with Gasteiger partial charge in [-0.2, -0.15) is 0 Å². The number of aromatic amines is 2. The maximum Gasteiger partial charge on any atom is 0.257 e. The summed E-state index contributed by atoms with van der Waals surface area (Å²) in [6.45, 7) is -0.292. The molecule has 33 heavy (non-hydrogen) atoms. The van der Waals surface area contributed by atoms with Gasteiger partial charge < -0.3 is 20.6 Å². The Hall–Kier alpha value is -4.72. The second-order valence-electron chi connectivity index (χ2n) is 7.46. The van der Waals surface area contributed by atoms with Crippen LogP contribution in [0.5, 0.6) is 0 Å². The number of anilines is 1. The van der Waals surface area contributed by atoms with E-state index in [-0.39, 0.29) is 12.1 Å². The third-order valence-electron chi connectivity index (χ3n) is 5.29. The standard InChI is InChI=1S/C25H19N5O3/c31-22(14-27-25(33)17-13-26-18-9-3-1-7-15(18)23(17)32)28-19-10-4-2-8-16(19)24-29-20-11-5-6-12-21(20)30-24/h1-13H,14H2,(H,26,32)(H,27,33)(H,28,31)(H,29,30). The van der Waals surface area contributed by atoms with Crippen LogP contribution >= 0.6 is 0 Å². The number of pyridine rings is 1. The molecular weight excluding hydrogens is 418 g/mol. The van der Waals surface area contributed by atoms with Crippen molar-refractivity contribution in [3.8, 4) is 11.4 Å². The van der Waals surface area contributed by atoms with Crippen molar-refractivity contribution >= 4 is 39.4 Å². The summed E-state index contributed by atoms with van der Waals surface area (Å²) in [7, 11) is 0. The second-order valence-corrected chi connectivity index (χ2v) is 7.46. The van der Waals surface area contributed by atoms with Crippen LogP contribution in [-0.2, 0) is 4.79 Å². The number of amides is 2. The minimum absolute atomic E-state index is 0.0517. The van der Waals surface area contributed by atoms with Crippen molar-refractivity contribution in [2.24, 2.45) is 0 Å². The number of nitrogens with zero attached hydrogens (tertiary/aromatic N) is 1. The highest BCUT2D eigenvalue weighted by Crippen LogP contribution is 2.27. The number of nitrogens with one attached hydrogen (secondary N) is 4. The molecule has 0 atom stereocenters. The second kappa shape index (κ2) is 8.43.